The molecule has 3 heterocycles. The van der Waals surface area contributed by atoms with Crippen molar-refractivity contribution in [2.24, 2.45) is 7.05 Å². The number of halogens is 1. The minimum atomic E-state index is -0.939. The summed E-state index contributed by atoms with van der Waals surface area (Å²) < 4.78 is 8.52. The molecule has 39 heavy (non-hydrogen) atoms. The number of pyridine rings is 1. The highest BCUT2D eigenvalue weighted by atomic mass is 35.5. The number of aromatic amines is 1. The van der Waals surface area contributed by atoms with E-state index in [4.69, 9.17) is 16.3 Å². The van der Waals surface area contributed by atoms with Crippen LogP contribution >= 0.6 is 11.6 Å². The number of likely N-dealkylation sites (tertiary alicyclic amines) is 1. The molecule has 1 aliphatic heterocycles. The fourth-order valence-corrected chi connectivity index (χ4v) is 5.53. The number of H-pyrrole nitrogens is 1. The van der Waals surface area contributed by atoms with E-state index < -0.39 is 11.8 Å². The highest BCUT2D eigenvalue weighted by Crippen LogP contribution is 2.37. The second kappa shape index (κ2) is 10.6. The van der Waals surface area contributed by atoms with Crippen LogP contribution in [0.1, 0.15) is 36.8 Å². The Labute approximate surface area is 228 Å². The third kappa shape index (κ3) is 5.14. The molecular weight excluding hydrogens is 524 g/mol. The van der Waals surface area contributed by atoms with E-state index in [0.29, 0.717) is 40.7 Å². The number of fused-ring (bicyclic) bond motifs is 1. The Balaban J connectivity index is 1.65. The van der Waals surface area contributed by atoms with Crippen LogP contribution in [0.25, 0.3) is 27.7 Å². The van der Waals surface area contributed by atoms with Gasteiger partial charge in [-0.05, 0) is 61.2 Å². The zero-order valence-corrected chi connectivity index (χ0v) is 22.7. The smallest absolute Gasteiger partial charge is 0.407 e. The number of carboxylic acid groups (broad SMARTS) is 1. The van der Waals surface area contributed by atoms with Gasteiger partial charge in [0, 0.05) is 31.4 Å². The van der Waals surface area contributed by atoms with Gasteiger partial charge < -0.3 is 19.7 Å². The normalized spacial score (nSPS) is 15.6. The van der Waals surface area contributed by atoms with Crippen molar-refractivity contribution in [3.8, 4) is 22.6 Å². The topological polar surface area (TPSA) is 135 Å². The van der Waals surface area contributed by atoms with Crippen molar-refractivity contribution in [1.82, 2.24) is 29.7 Å². The lowest BCUT2D eigenvalue weighted by Gasteiger charge is -2.33. The number of aromatic nitrogens is 5. The molecule has 1 atom stereocenters. The molecule has 0 aliphatic carbocycles. The van der Waals surface area contributed by atoms with Crippen LogP contribution in [0.5, 0.6) is 5.75 Å². The molecule has 0 radical (unpaired) electrons. The zero-order chi connectivity index (χ0) is 27.8. The van der Waals surface area contributed by atoms with E-state index in [9.17, 15) is 19.5 Å². The minimum Gasteiger partial charge on any atom is -0.492 e. The summed E-state index contributed by atoms with van der Waals surface area (Å²) in [5, 5.41) is 18.0. The van der Waals surface area contributed by atoms with Crippen molar-refractivity contribution in [2.45, 2.75) is 45.6 Å². The minimum absolute atomic E-state index is 0.169. The predicted octanol–water partition coefficient (Wildman–Crippen LogP) is 4.05. The molecule has 12 heteroatoms. The van der Waals surface area contributed by atoms with E-state index in [0.717, 1.165) is 39.8 Å². The number of aryl methyl sites for hydroxylation is 3. The molecule has 0 bridgehead atoms. The summed E-state index contributed by atoms with van der Waals surface area (Å²) in [6, 6.07) is 8.87. The van der Waals surface area contributed by atoms with Crippen LogP contribution in [0.2, 0.25) is 5.02 Å². The summed E-state index contributed by atoms with van der Waals surface area (Å²) in [4.78, 5) is 42.2. The molecule has 0 saturated carbocycles. The van der Waals surface area contributed by atoms with E-state index in [1.807, 2.05) is 32.0 Å². The van der Waals surface area contributed by atoms with E-state index >= 15 is 0 Å². The lowest BCUT2D eigenvalue weighted by molar-refractivity contribution is 0.0969. The molecule has 204 valence electrons. The Morgan fingerprint density at radius 3 is 2.54 bits per heavy atom. The number of rotatable bonds is 6. The van der Waals surface area contributed by atoms with Gasteiger partial charge in [0.05, 0.1) is 28.4 Å². The SMILES string of the molecule is Cc1cc(C)cc(-c2c(OCCC3CCCCN3C(=O)O)c3cc(-n4nnn(C)c4=O)c(Cl)cc3[nH]c2=O)c1. The first-order valence-corrected chi connectivity index (χ1v) is 13.1. The van der Waals surface area contributed by atoms with Crippen LogP contribution in [0.15, 0.2) is 39.9 Å². The van der Waals surface area contributed by atoms with Crippen LogP contribution in [0.3, 0.4) is 0 Å². The van der Waals surface area contributed by atoms with Crippen LogP contribution < -0.4 is 16.0 Å². The maximum Gasteiger partial charge on any atom is 0.407 e. The molecule has 5 rings (SSSR count). The summed E-state index contributed by atoms with van der Waals surface area (Å²) in [7, 11) is 1.48. The highest BCUT2D eigenvalue weighted by Gasteiger charge is 2.27. The maximum atomic E-state index is 13.5. The maximum absolute atomic E-state index is 13.5. The lowest BCUT2D eigenvalue weighted by Crippen LogP contribution is -2.43. The third-order valence-corrected chi connectivity index (χ3v) is 7.37. The van der Waals surface area contributed by atoms with E-state index in [1.165, 1.54) is 11.9 Å². The predicted molar refractivity (Wildman–Crippen MR) is 147 cm³/mol. The third-order valence-electron chi connectivity index (χ3n) is 7.06. The van der Waals surface area contributed by atoms with Crippen molar-refractivity contribution in [2.75, 3.05) is 13.2 Å². The number of hydrogen-bond donors (Lipinski definition) is 2. The Bertz CT molecular complexity index is 1670. The van der Waals surface area contributed by atoms with Crippen LogP contribution in [0, 0.1) is 13.8 Å². The van der Waals surface area contributed by atoms with Crippen LogP contribution in [0.4, 0.5) is 4.79 Å². The lowest BCUT2D eigenvalue weighted by atomic mass is 9.98. The largest absolute Gasteiger partial charge is 0.492 e. The van der Waals surface area contributed by atoms with Gasteiger partial charge in [0.25, 0.3) is 5.56 Å². The van der Waals surface area contributed by atoms with Gasteiger partial charge in [0.15, 0.2) is 0 Å². The molecule has 1 saturated heterocycles. The number of amides is 1. The first-order valence-electron chi connectivity index (χ1n) is 12.7. The van der Waals surface area contributed by atoms with Crippen LogP contribution in [-0.4, -0.2) is 60.1 Å². The summed E-state index contributed by atoms with van der Waals surface area (Å²) in [6.45, 7) is 4.59. The van der Waals surface area contributed by atoms with Crippen molar-refractivity contribution >= 4 is 28.6 Å². The molecule has 1 aliphatic rings. The average molecular weight is 553 g/mol. The molecule has 1 amide bonds. The molecule has 2 aromatic heterocycles. The van der Waals surface area contributed by atoms with Gasteiger partial charge in [-0.3, -0.25) is 4.79 Å². The van der Waals surface area contributed by atoms with Crippen LogP contribution in [-0.2, 0) is 7.05 Å². The summed E-state index contributed by atoms with van der Waals surface area (Å²) in [6.07, 6.45) is 2.07. The Morgan fingerprint density at radius 2 is 1.87 bits per heavy atom. The second-order valence-electron chi connectivity index (χ2n) is 9.94. The molecule has 0 spiro atoms. The first-order chi connectivity index (χ1) is 18.6. The highest BCUT2D eigenvalue weighted by molar-refractivity contribution is 6.33. The van der Waals surface area contributed by atoms with E-state index in [2.05, 4.69) is 15.4 Å². The molecular formula is C27H29ClN6O5. The molecule has 4 aromatic rings. The van der Waals surface area contributed by atoms with Crippen molar-refractivity contribution in [1.29, 1.82) is 0 Å². The number of tetrazole rings is 1. The van der Waals surface area contributed by atoms with Crippen molar-refractivity contribution < 1.29 is 14.6 Å². The summed E-state index contributed by atoms with van der Waals surface area (Å²) >= 11 is 6.51. The Hall–Kier alpha value is -4.12. The summed E-state index contributed by atoms with van der Waals surface area (Å²) in [5.74, 6) is 0.325. The van der Waals surface area contributed by atoms with Crippen molar-refractivity contribution in [3.05, 3.63) is 67.3 Å². The number of hydrogen-bond acceptors (Lipinski definition) is 6. The fourth-order valence-electron chi connectivity index (χ4n) is 5.28. The molecule has 2 N–H and O–H groups in total. The Kier molecular flexibility index (Phi) is 7.17. The van der Waals surface area contributed by atoms with Gasteiger partial charge in [-0.15, -0.1) is 0 Å². The standard InChI is InChI=1S/C27H29ClN6O5/c1-15-10-16(2)12-17(11-15)23-24(39-9-7-18-6-4-5-8-33(18)27(37)38)19-13-22(34-26(36)32(3)30-31-34)20(28)14-21(19)29-25(23)35/h10-14,18H,4-9H2,1-3H3,(H,29,35)(H,37,38). The average Bonchev–Trinajstić information content (AvgIpc) is 3.20. The number of carbonyl (C=O) groups is 1. The zero-order valence-electron chi connectivity index (χ0n) is 21.9. The number of nitrogens with zero attached hydrogens (tertiary/aromatic N) is 5. The monoisotopic (exact) mass is 552 g/mol. The molecule has 2 aromatic carbocycles. The number of piperidine rings is 1. The molecule has 11 nitrogen and oxygen atoms in total. The van der Waals surface area contributed by atoms with Gasteiger partial charge in [-0.25, -0.2) is 9.59 Å². The second-order valence-corrected chi connectivity index (χ2v) is 10.4. The Morgan fingerprint density at radius 1 is 1.13 bits per heavy atom. The molecule has 1 unspecified atom stereocenters. The number of ether oxygens (including phenoxy) is 1. The molecule has 1 fully saturated rings. The van der Waals surface area contributed by atoms with E-state index in [1.54, 1.807) is 12.1 Å². The van der Waals surface area contributed by atoms with Gasteiger partial charge in [-0.2, -0.15) is 9.36 Å². The van der Waals surface area contributed by atoms with Gasteiger partial charge in [0.2, 0.25) is 0 Å². The summed E-state index contributed by atoms with van der Waals surface area (Å²) in [5.41, 5.74) is 2.87. The number of benzene rings is 2. The van der Waals surface area contributed by atoms with Gasteiger partial charge in [-0.1, -0.05) is 40.9 Å². The van der Waals surface area contributed by atoms with Crippen molar-refractivity contribution in [3.63, 3.8) is 0 Å². The fraction of sp³-hybridized carbons (Fsp3) is 0.370. The van der Waals surface area contributed by atoms with Gasteiger partial charge >= 0.3 is 11.8 Å². The van der Waals surface area contributed by atoms with E-state index in [-0.39, 0.29) is 28.9 Å². The quantitative estimate of drug-likeness (QED) is 0.368. The first kappa shape index (κ1) is 26.5. The number of nitrogens with one attached hydrogen (secondary N) is 1. The van der Waals surface area contributed by atoms with Gasteiger partial charge in [0.1, 0.15) is 5.75 Å².